The Morgan fingerprint density at radius 3 is 2.88 bits per heavy atom. The number of nitrogens with one attached hydrogen (secondary N) is 1. The third kappa shape index (κ3) is 0.710. The number of likely N-dealkylation sites (N-methyl/N-ethyl adjacent to an activating group) is 1. The van der Waals surface area contributed by atoms with Crippen LogP contribution in [-0.4, -0.2) is 25.0 Å². The number of hydrogen-bond donors (Lipinski definition) is 2. The molecule has 0 aromatic rings. The van der Waals surface area contributed by atoms with Crippen LogP contribution in [0.2, 0.25) is 0 Å². The van der Waals surface area contributed by atoms with Crippen molar-refractivity contribution in [2.24, 2.45) is 5.73 Å². The highest BCUT2D eigenvalue weighted by molar-refractivity contribution is 4.99. The van der Waals surface area contributed by atoms with Gasteiger partial charge in [0, 0.05) is 26.3 Å². The minimum Gasteiger partial charge on any atom is -0.402 e. The van der Waals surface area contributed by atoms with Gasteiger partial charge in [-0.2, -0.15) is 0 Å². The van der Waals surface area contributed by atoms with E-state index in [2.05, 4.69) is 10.2 Å². The standard InChI is InChI=1S/C5H11N3/c1-8-3-2-7-5(8)4-6/h4,7H,2-3,6H2,1H3/b5-4+. The summed E-state index contributed by atoms with van der Waals surface area (Å²) >= 11 is 0. The lowest BCUT2D eigenvalue weighted by molar-refractivity contribution is 0.483. The van der Waals surface area contributed by atoms with E-state index in [0.29, 0.717) is 0 Å². The summed E-state index contributed by atoms with van der Waals surface area (Å²) in [5.41, 5.74) is 5.26. The second-order valence-electron chi connectivity index (χ2n) is 1.90. The van der Waals surface area contributed by atoms with Gasteiger partial charge < -0.3 is 16.0 Å². The van der Waals surface area contributed by atoms with Gasteiger partial charge in [-0.25, -0.2) is 0 Å². The summed E-state index contributed by atoms with van der Waals surface area (Å²) in [6.45, 7) is 2.07. The number of nitrogens with two attached hydrogens (primary N) is 1. The van der Waals surface area contributed by atoms with E-state index >= 15 is 0 Å². The zero-order valence-electron chi connectivity index (χ0n) is 5.02. The summed E-state index contributed by atoms with van der Waals surface area (Å²) in [6, 6.07) is 0. The van der Waals surface area contributed by atoms with Crippen LogP contribution in [-0.2, 0) is 0 Å². The summed E-state index contributed by atoms with van der Waals surface area (Å²) in [7, 11) is 2.01. The Balaban J connectivity index is 2.55. The van der Waals surface area contributed by atoms with E-state index < -0.39 is 0 Å². The van der Waals surface area contributed by atoms with Crippen molar-refractivity contribution in [3.05, 3.63) is 12.0 Å². The van der Waals surface area contributed by atoms with Crippen LogP contribution >= 0.6 is 0 Å². The molecule has 1 aliphatic rings. The van der Waals surface area contributed by atoms with E-state index in [1.807, 2.05) is 7.05 Å². The first-order valence-electron chi connectivity index (χ1n) is 2.71. The highest BCUT2D eigenvalue weighted by Crippen LogP contribution is 1.99. The maximum absolute atomic E-state index is 5.26. The van der Waals surface area contributed by atoms with Gasteiger partial charge in [0.25, 0.3) is 0 Å². The van der Waals surface area contributed by atoms with E-state index in [0.717, 1.165) is 18.9 Å². The fraction of sp³-hybridized carbons (Fsp3) is 0.600. The van der Waals surface area contributed by atoms with E-state index in [4.69, 9.17) is 5.73 Å². The van der Waals surface area contributed by atoms with E-state index in [1.54, 1.807) is 6.20 Å². The van der Waals surface area contributed by atoms with Gasteiger partial charge in [0.05, 0.1) is 0 Å². The molecule has 0 spiro atoms. The molecule has 0 radical (unpaired) electrons. The largest absolute Gasteiger partial charge is 0.402 e. The molecule has 1 aliphatic heterocycles. The van der Waals surface area contributed by atoms with Crippen LogP contribution < -0.4 is 11.1 Å². The van der Waals surface area contributed by atoms with Gasteiger partial charge in [-0.3, -0.25) is 0 Å². The molecule has 1 heterocycles. The van der Waals surface area contributed by atoms with Gasteiger partial charge in [-0.05, 0) is 0 Å². The van der Waals surface area contributed by atoms with Gasteiger partial charge in [0.2, 0.25) is 0 Å². The summed E-state index contributed by atoms with van der Waals surface area (Å²) in [4.78, 5) is 2.08. The van der Waals surface area contributed by atoms with Gasteiger partial charge in [-0.1, -0.05) is 0 Å². The Morgan fingerprint density at radius 2 is 2.62 bits per heavy atom. The molecule has 1 saturated heterocycles. The molecule has 1 fully saturated rings. The fourth-order valence-corrected chi connectivity index (χ4v) is 0.793. The van der Waals surface area contributed by atoms with Crippen molar-refractivity contribution in [2.45, 2.75) is 0 Å². The normalized spacial score (nSPS) is 24.1. The summed E-state index contributed by atoms with van der Waals surface area (Å²) in [5, 5.41) is 3.12. The molecular weight excluding hydrogens is 102 g/mol. The van der Waals surface area contributed by atoms with Crippen molar-refractivity contribution in [1.82, 2.24) is 10.2 Å². The topological polar surface area (TPSA) is 41.3 Å². The van der Waals surface area contributed by atoms with Crippen LogP contribution in [0.4, 0.5) is 0 Å². The van der Waals surface area contributed by atoms with Crippen LogP contribution in [0.25, 0.3) is 0 Å². The average Bonchev–Trinajstić information content (AvgIpc) is 2.14. The first-order valence-corrected chi connectivity index (χ1v) is 2.71. The Hall–Kier alpha value is -0.860. The maximum Gasteiger partial charge on any atom is 0.117 e. The quantitative estimate of drug-likeness (QED) is 0.435. The van der Waals surface area contributed by atoms with Crippen molar-refractivity contribution in [3.8, 4) is 0 Å². The van der Waals surface area contributed by atoms with Gasteiger partial charge in [0.1, 0.15) is 5.82 Å². The maximum atomic E-state index is 5.26. The van der Waals surface area contributed by atoms with Crippen molar-refractivity contribution < 1.29 is 0 Å². The van der Waals surface area contributed by atoms with Gasteiger partial charge in [-0.15, -0.1) is 0 Å². The Labute approximate surface area is 49.2 Å². The van der Waals surface area contributed by atoms with E-state index in [-0.39, 0.29) is 0 Å². The molecule has 1 rings (SSSR count). The van der Waals surface area contributed by atoms with Crippen molar-refractivity contribution in [2.75, 3.05) is 20.1 Å². The van der Waals surface area contributed by atoms with Crippen LogP contribution in [0.1, 0.15) is 0 Å². The van der Waals surface area contributed by atoms with E-state index in [1.165, 1.54) is 0 Å². The molecule has 0 saturated carbocycles. The van der Waals surface area contributed by atoms with Crippen LogP contribution in [0, 0.1) is 0 Å². The molecule has 0 unspecified atom stereocenters. The van der Waals surface area contributed by atoms with Crippen LogP contribution in [0.15, 0.2) is 12.0 Å². The molecular formula is C5H11N3. The lowest BCUT2D eigenvalue weighted by atomic mass is 10.6. The zero-order chi connectivity index (χ0) is 5.98. The monoisotopic (exact) mass is 113 g/mol. The molecule has 3 nitrogen and oxygen atoms in total. The Morgan fingerprint density at radius 1 is 1.88 bits per heavy atom. The second-order valence-corrected chi connectivity index (χ2v) is 1.90. The molecule has 3 heteroatoms. The fourth-order valence-electron chi connectivity index (χ4n) is 0.793. The van der Waals surface area contributed by atoms with Crippen molar-refractivity contribution in [3.63, 3.8) is 0 Å². The van der Waals surface area contributed by atoms with E-state index in [9.17, 15) is 0 Å². The molecule has 0 aromatic carbocycles. The lowest BCUT2D eigenvalue weighted by Gasteiger charge is -2.08. The second kappa shape index (κ2) is 1.94. The third-order valence-electron chi connectivity index (χ3n) is 1.32. The smallest absolute Gasteiger partial charge is 0.117 e. The summed E-state index contributed by atoms with van der Waals surface area (Å²) in [6.07, 6.45) is 1.59. The van der Waals surface area contributed by atoms with Gasteiger partial charge >= 0.3 is 0 Å². The van der Waals surface area contributed by atoms with Gasteiger partial charge in [0.15, 0.2) is 0 Å². The zero-order valence-corrected chi connectivity index (χ0v) is 5.02. The first-order chi connectivity index (χ1) is 3.84. The molecule has 0 atom stereocenters. The predicted octanol–water partition coefficient (Wildman–Crippen LogP) is -0.721. The Bertz CT molecular complexity index is 108. The lowest BCUT2D eigenvalue weighted by Crippen LogP contribution is -2.15. The summed E-state index contributed by atoms with van der Waals surface area (Å²) in [5.74, 6) is 1.03. The number of nitrogens with zero attached hydrogens (tertiary/aromatic N) is 1. The molecule has 0 amide bonds. The minimum absolute atomic E-state index is 1.01. The number of hydrogen-bond acceptors (Lipinski definition) is 3. The minimum atomic E-state index is 1.01. The molecule has 46 valence electrons. The molecule has 0 bridgehead atoms. The third-order valence-corrected chi connectivity index (χ3v) is 1.32. The van der Waals surface area contributed by atoms with Crippen molar-refractivity contribution >= 4 is 0 Å². The molecule has 8 heavy (non-hydrogen) atoms. The molecule has 3 N–H and O–H groups in total. The van der Waals surface area contributed by atoms with Crippen LogP contribution in [0.5, 0.6) is 0 Å². The average molecular weight is 113 g/mol. The predicted molar refractivity (Wildman–Crippen MR) is 32.9 cm³/mol. The Kier molecular flexibility index (Phi) is 1.28. The SMILES string of the molecule is CN1CCN/C1=C\N. The molecule has 0 aromatic heterocycles. The number of rotatable bonds is 0. The highest BCUT2D eigenvalue weighted by atomic mass is 15.3. The molecule has 0 aliphatic carbocycles. The first kappa shape index (κ1) is 5.28. The summed E-state index contributed by atoms with van der Waals surface area (Å²) < 4.78 is 0. The van der Waals surface area contributed by atoms with Crippen LogP contribution in [0.3, 0.4) is 0 Å². The van der Waals surface area contributed by atoms with Crippen molar-refractivity contribution in [1.29, 1.82) is 0 Å². The highest BCUT2D eigenvalue weighted by Gasteiger charge is 2.08.